The summed E-state index contributed by atoms with van der Waals surface area (Å²) in [4.78, 5) is 8.05. The van der Waals surface area contributed by atoms with E-state index >= 15 is 0 Å². The monoisotopic (exact) mass is 231 g/mol. The molecule has 1 aliphatic carbocycles. The van der Waals surface area contributed by atoms with Crippen LogP contribution in [0.4, 0.5) is 0 Å². The number of H-pyrrole nitrogens is 1. The van der Waals surface area contributed by atoms with Crippen LogP contribution in [0.25, 0.3) is 0 Å². The van der Waals surface area contributed by atoms with E-state index in [4.69, 9.17) is 5.73 Å². The van der Waals surface area contributed by atoms with Gasteiger partial charge in [0.1, 0.15) is 11.9 Å². The molecule has 0 saturated heterocycles. The van der Waals surface area contributed by atoms with Gasteiger partial charge in [0.05, 0.1) is 5.69 Å². The Morgan fingerprint density at radius 1 is 1.59 bits per heavy atom. The van der Waals surface area contributed by atoms with E-state index in [2.05, 4.69) is 22.0 Å². The number of rotatable bonds is 2. The molecule has 0 bridgehead atoms. The van der Waals surface area contributed by atoms with Gasteiger partial charge in [-0.25, -0.2) is 4.98 Å². The zero-order valence-electron chi connectivity index (χ0n) is 9.93. The van der Waals surface area contributed by atoms with Gasteiger partial charge in [-0.2, -0.15) is 5.10 Å². The molecule has 2 atom stereocenters. The van der Waals surface area contributed by atoms with Crippen molar-refractivity contribution < 1.29 is 0 Å². The molecule has 3 N–H and O–H groups in total. The van der Waals surface area contributed by atoms with E-state index in [1.54, 1.807) is 6.20 Å². The first kappa shape index (κ1) is 10.5. The van der Waals surface area contributed by atoms with Gasteiger partial charge < -0.3 is 10.7 Å². The maximum atomic E-state index is 6.07. The van der Waals surface area contributed by atoms with Crippen molar-refractivity contribution in [3.63, 3.8) is 0 Å². The molecule has 2 unspecified atom stereocenters. The van der Waals surface area contributed by atoms with Crippen molar-refractivity contribution in [2.24, 2.45) is 5.73 Å². The smallest absolute Gasteiger partial charge is 0.131 e. The third-order valence-electron chi connectivity index (χ3n) is 3.44. The molecule has 0 aliphatic heterocycles. The van der Waals surface area contributed by atoms with E-state index in [1.165, 1.54) is 5.69 Å². The summed E-state index contributed by atoms with van der Waals surface area (Å²) in [7, 11) is 0. The first-order chi connectivity index (χ1) is 8.25. The number of nitrogens with one attached hydrogen (secondary N) is 1. The second kappa shape index (κ2) is 4.00. The molecule has 0 radical (unpaired) electrons. The Balaban J connectivity index is 1.94. The lowest BCUT2D eigenvalue weighted by molar-refractivity contribution is 0.537. The van der Waals surface area contributed by atoms with Crippen LogP contribution in [0.2, 0.25) is 0 Å². The third-order valence-corrected chi connectivity index (χ3v) is 3.44. The van der Waals surface area contributed by atoms with Crippen molar-refractivity contribution in [3.8, 4) is 0 Å². The lowest BCUT2D eigenvalue weighted by Crippen LogP contribution is -2.17. The molecule has 2 aromatic rings. The molecule has 0 aromatic carbocycles. The molecular formula is C12H17N5. The Morgan fingerprint density at radius 3 is 3.18 bits per heavy atom. The van der Waals surface area contributed by atoms with Crippen LogP contribution in [-0.2, 0) is 6.42 Å². The minimum atomic E-state index is 0.0913. The van der Waals surface area contributed by atoms with Crippen LogP contribution in [0.5, 0.6) is 0 Å². The lowest BCUT2D eigenvalue weighted by Gasteiger charge is -2.15. The largest absolute Gasteiger partial charge is 0.344 e. The third kappa shape index (κ3) is 1.76. The number of hydrogen-bond donors (Lipinski definition) is 2. The lowest BCUT2D eigenvalue weighted by atomic mass is 9.97. The highest BCUT2D eigenvalue weighted by molar-refractivity contribution is 5.22. The number of fused-ring (bicyclic) bond motifs is 1. The van der Waals surface area contributed by atoms with Crippen LogP contribution < -0.4 is 5.73 Å². The highest BCUT2D eigenvalue weighted by Gasteiger charge is 2.23. The topological polar surface area (TPSA) is 72.5 Å². The van der Waals surface area contributed by atoms with Crippen LogP contribution in [0, 0.1) is 0 Å². The Labute approximate surface area is 100 Å². The summed E-state index contributed by atoms with van der Waals surface area (Å²) in [6.07, 6.45) is 6.97. The summed E-state index contributed by atoms with van der Waals surface area (Å²) in [5, 5.41) is 4.24. The van der Waals surface area contributed by atoms with Crippen LogP contribution in [0.1, 0.15) is 49.1 Å². The molecule has 2 heterocycles. The average molecular weight is 231 g/mol. The average Bonchev–Trinajstić information content (AvgIpc) is 2.98. The number of nitrogens with two attached hydrogens (primary N) is 1. The van der Waals surface area contributed by atoms with Gasteiger partial charge in [0.25, 0.3) is 0 Å². The molecule has 2 aromatic heterocycles. The number of aryl methyl sites for hydroxylation is 1. The summed E-state index contributed by atoms with van der Waals surface area (Å²) in [6, 6.07) is 2.14. The Bertz CT molecular complexity index is 499. The van der Waals surface area contributed by atoms with Crippen LogP contribution >= 0.6 is 0 Å². The van der Waals surface area contributed by atoms with Gasteiger partial charge in [0.2, 0.25) is 0 Å². The number of aromatic amines is 1. The van der Waals surface area contributed by atoms with Gasteiger partial charge >= 0.3 is 0 Å². The van der Waals surface area contributed by atoms with Gasteiger partial charge in [0, 0.05) is 24.1 Å². The van der Waals surface area contributed by atoms with Gasteiger partial charge in [-0.15, -0.1) is 0 Å². The van der Waals surface area contributed by atoms with Crippen molar-refractivity contribution in [1.29, 1.82) is 0 Å². The van der Waals surface area contributed by atoms with Gasteiger partial charge in [-0.1, -0.05) is 0 Å². The molecule has 3 rings (SSSR count). The van der Waals surface area contributed by atoms with Gasteiger partial charge in [-0.3, -0.25) is 4.68 Å². The number of hydrogen-bond acceptors (Lipinski definition) is 3. The highest BCUT2D eigenvalue weighted by Crippen LogP contribution is 2.27. The minimum absolute atomic E-state index is 0.0913. The molecule has 90 valence electrons. The molecule has 0 spiro atoms. The fourth-order valence-corrected chi connectivity index (χ4v) is 2.41. The van der Waals surface area contributed by atoms with E-state index in [0.717, 1.165) is 30.8 Å². The van der Waals surface area contributed by atoms with Crippen molar-refractivity contribution >= 4 is 0 Å². The molecule has 5 nitrogen and oxygen atoms in total. The Hall–Kier alpha value is -1.62. The molecule has 0 fully saturated rings. The second-order valence-corrected chi connectivity index (χ2v) is 4.65. The van der Waals surface area contributed by atoms with E-state index in [-0.39, 0.29) is 12.1 Å². The maximum absolute atomic E-state index is 6.07. The first-order valence-electron chi connectivity index (χ1n) is 6.09. The van der Waals surface area contributed by atoms with Crippen molar-refractivity contribution in [1.82, 2.24) is 19.7 Å². The fraction of sp³-hybridized carbons (Fsp3) is 0.500. The van der Waals surface area contributed by atoms with Crippen LogP contribution in [-0.4, -0.2) is 19.7 Å². The zero-order valence-corrected chi connectivity index (χ0v) is 9.93. The molecule has 0 saturated carbocycles. The summed E-state index contributed by atoms with van der Waals surface area (Å²) >= 11 is 0. The molecule has 5 heteroatoms. The van der Waals surface area contributed by atoms with Crippen LogP contribution in [0.15, 0.2) is 18.5 Å². The van der Waals surface area contributed by atoms with E-state index in [1.807, 2.05) is 16.9 Å². The molecule has 0 amide bonds. The predicted octanol–water partition coefficient (Wildman–Crippen LogP) is 1.55. The standard InChI is InChI=1S/C12H17N5/c1-8(17-7-3-6-14-17)12-15-10-5-2-4-9(13)11(10)16-12/h3,6-9H,2,4-5,13H2,1H3,(H,15,16). The summed E-state index contributed by atoms with van der Waals surface area (Å²) in [6.45, 7) is 2.09. The van der Waals surface area contributed by atoms with Crippen molar-refractivity contribution in [2.45, 2.75) is 38.3 Å². The fourth-order valence-electron chi connectivity index (χ4n) is 2.41. The second-order valence-electron chi connectivity index (χ2n) is 4.65. The SMILES string of the molecule is CC(c1nc2c([nH]1)CCCC2N)n1cccn1. The van der Waals surface area contributed by atoms with E-state index < -0.39 is 0 Å². The summed E-state index contributed by atoms with van der Waals surface area (Å²) < 4.78 is 1.90. The normalized spacial score (nSPS) is 21.2. The predicted molar refractivity (Wildman–Crippen MR) is 64.5 cm³/mol. The first-order valence-corrected chi connectivity index (χ1v) is 6.09. The van der Waals surface area contributed by atoms with Crippen molar-refractivity contribution in [3.05, 3.63) is 35.7 Å². The summed E-state index contributed by atoms with van der Waals surface area (Å²) in [5.41, 5.74) is 8.33. The van der Waals surface area contributed by atoms with E-state index in [0.29, 0.717) is 0 Å². The Kier molecular flexibility index (Phi) is 2.48. The number of aromatic nitrogens is 4. The van der Waals surface area contributed by atoms with Gasteiger partial charge in [0.15, 0.2) is 0 Å². The zero-order chi connectivity index (χ0) is 11.8. The van der Waals surface area contributed by atoms with Crippen molar-refractivity contribution in [2.75, 3.05) is 0 Å². The van der Waals surface area contributed by atoms with Gasteiger partial charge in [-0.05, 0) is 32.3 Å². The molecular weight excluding hydrogens is 214 g/mol. The number of imidazole rings is 1. The Morgan fingerprint density at radius 2 is 2.47 bits per heavy atom. The maximum Gasteiger partial charge on any atom is 0.131 e. The minimum Gasteiger partial charge on any atom is -0.344 e. The quantitative estimate of drug-likeness (QED) is 0.823. The van der Waals surface area contributed by atoms with E-state index in [9.17, 15) is 0 Å². The van der Waals surface area contributed by atoms with Crippen LogP contribution in [0.3, 0.4) is 0 Å². The highest BCUT2D eigenvalue weighted by atomic mass is 15.3. The molecule has 17 heavy (non-hydrogen) atoms. The number of nitrogens with zero attached hydrogens (tertiary/aromatic N) is 3. The summed E-state index contributed by atoms with van der Waals surface area (Å²) in [5.74, 6) is 0.955. The molecule has 1 aliphatic rings.